The molecular weight excluding hydrogens is 198 g/mol. The minimum Gasteiger partial charge on any atom is -0.505 e. The van der Waals surface area contributed by atoms with Gasteiger partial charge in [0.2, 0.25) is 0 Å². The van der Waals surface area contributed by atoms with Crippen molar-refractivity contribution in [1.82, 2.24) is 0 Å². The van der Waals surface area contributed by atoms with Crippen LogP contribution in [0.25, 0.3) is 0 Å². The van der Waals surface area contributed by atoms with Gasteiger partial charge in [0, 0.05) is 26.2 Å². The zero-order valence-electron chi connectivity index (χ0n) is 4.63. The molecule has 1 rings (SSSR count). The van der Waals surface area contributed by atoms with Gasteiger partial charge in [0.15, 0.2) is 11.6 Å². The van der Waals surface area contributed by atoms with Crippen molar-refractivity contribution in [2.24, 2.45) is 0 Å². The van der Waals surface area contributed by atoms with Gasteiger partial charge >= 0.3 is 0 Å². The molecule has 0 amide bonds. The van der Waals surface area contributed by atoms with Gasteiger partial charge in [-0.2, -0.15) is 0 Å². The van der Waals surface area contributed by atoms with Gasteiger partial charge in [0.1, 0.15) is 0 Å². The van der Waals surface area contributed by atoms with Gasteiger partial charge in [-0.1, -0.05) is 12.1 Å². The Kier molecular flexibility index (Phi) is 3.71. The molecule has 1 nitrogen and oxygen atoms in total. The van der Waals surface area contributed by atoms with Gasteiger partial charge in [-0.25, -0.2) is 4.39 Å². The normalized spacial score (nSPS) is 8.11. The molecule has 1 aromatic carbocycles. The average molecular weight is 203 g/mol. The Labute approximate surface area is 71.6 Å². The number of benzene rings is 1. The minimum atomic E-state index is -0.576. The molecule has 1 aromatic rings. The van der Waals surface area contributed by atoms with Crippen LogP contribution in [0, 0.1) is 5.82 Å². The maximum Gasteiger partial charge on any atom is 0.164 e. The Morgan fingerprint density at radius 3 is 2.11 bits per heavy atom. The molecule has 0 heterocycles. The Bertz CT molecular complexity index is 169. The standard InChI is InChI=1S/C6H5FO.Zr/c7-5-3-1-2-4-6(5)8;/h1-4,8H;. The SMILES string of the molecule is Oc1ccccc1F.[Zr]. The van der Waals surface area contributed by atoms with E-state index in [1.807, 2.05) is 0 Å². The second-order valence-electron chi connectivity index (χ2n) is 1.45. The van der Waals surface area contributed by atoms with Crippen molar-refractivity contribution in [2.45, 2.75) is 0 Å². The Balaban J connectivity index is 0.000000640. The molecule has 1 N–H and O–H groups in total. The number of hydrogen-bond donors (Lipinski definition) is 1. The van der Waals surface area contributed by atoms with Crippen LogP contribution in [0.5, 0.6) is 5.75 Å². The molecule has 46 valence electrons. The van der Waals surface area contributed by atoms with Crippen LogP contribution in [0.3, 0.4) is 0 Å². The topological polar surface area (TPSA) is 20.2 Å². The van der Waals surface area contributed by atoms with Crippen LogP contribution in [-0.2, 0) is 26.2 Å². The van der Waals surface area contributed by atoms with Crippen molar-refractivity contribution in [3.05, 3.63) is 30.1 Å². The third-order valence-electron chi connectivity index (χ3n) is 0.852. The van der Waals surface area contributed by atoms with E-state index in [9.17, 15) is 4.39 Å². The quantitative estimate of drug-likeness (QED) is 0.678. The van der Waals surface area contributed by atoms with Gasteiger partial charge < -0.3 is 5.11 Å². The summed E-state index contributed by atoms with van der Waals surface area (Å²) in [6, 6.07) is 5.60. The smallest absolute Gasteiger partial charge is 0.164 e. The van der Waals surface area contributed by atoms with E-state index in [0.29, 0.717) is 0 Å². The Hall–Kier alpha value is -0.167. The predicted molar refractivity (Wildman–Crippen MR) is 28.1 cm³/mol. The largest absolute Gasteiger partial charge is 0.505 e. The van der Waals surface area contributed by atoms with E-state index in [1.54, 1.807) is 6.07 Å². The van der Waals surface area contributed by atoms with Crippen LogP contribution in [0.2, 0.25) is 0 Å². The van der Waals surface area contributed by atoms with E-state index in [1.165, 1.54) is 18.2 Å². The molecule has 0 radical (unpaired) electrons. The number of aromatic hydroxyl groups is 1. The monoisotopic (exact) mass is 202 g/mol. The number of rotatable bonds is 0. The molecule has 0 saturated carbocycles. The molecule has 0 saturated heterocycles. The Morgan fingerprint density at radius 2 is 1.78 bits per heavy atom. The van der Waals surface area contributed by atoms with Gasteiger partial charge in [0.25, 0.3) is 0 Å². The van der Waals surface area contributed by atoms with Crippen molar-refractivity contribution in [2.75, 3.05) is 0 Å². The van der Waals surface area contributed by atoms with Crippen molar-refractivity contribution in [3.8, 4) is 5.75 Å². The maximum atomic E-state index is 12.1. The molecule has 0 aliphatic heterocycles. The average Bonchev–Trinajstić information content (AvgIpc) is 1.77. The van der Waals surface area contributed by atoms with E-state index in [-0.39, 0.29) is 32.0 Å². The summed E-state index contributed by atoms with van der Waals surface area (Å²) in [7, 11) is 0. The zero-order valence-corrected chi connectivity index (χ0v) is 7.09. The van der Waals surface area contributed by atoms with Gasteiger partial charge in [-0.3, -0.25) is 0 Å². The number of phenolic OH excluding ortho intramolecular Hbond substituents is 1. The first-order valence-corrected chi connectivity index (χ1v) is 2.24. The second-order valence-corrected chi connectivity index (χ2v) is 1.45. The van der Waals surface area contributed by atoms with Crippen LogP contribution in [0.4, 0.5) is 4.39 Å². The number of halogens is 1. The summed E-state index contributed by atoms with van der Waals surface area (Å²) in [5, 5.41) is 8.54. The number of para-hydroxylation sites is 1. The van der Waals surface area contributed by atoms with Gasteiger partial charge in [0.05, 0.1) is 0 Å². The zero-order chi connectivity index (χ0) is 5.98. The molecule has 0 aromatic heterocycles. The first-order chi connectivity index (χ1) is 3.80. The fraction of sp³-hybridized carbons (Fsp3) is 0. The maximum absolute atomic E-state index is 12.1. The number of phenols is 1. The van der Waals surface area contributed by atoms with Crippen molar-refractivity contribution >= 4 is 0 Å². The van der Waals surface area contributed by atoms with Crippen LogP contribution < -0.4 is 0 Å². The van der Waals surface area contributed by atoms with E-state index in [4.69, 9.17) is 5.11 Å². The van der Waals surface area contributed by atoms with Crippen LogP contribution in [-0.4, -0.2) is 5.11 Å². The summed E-state index contributed by atoms with van der Waals surface area (Å²) in [5.41, 5.74) is 0. The summed E-state index contributed by atoms with van der Waals surface area (Å²) < 4.78 is 12.1. The number of hydrogen-bond acceptors (Lipinski definition) is 1. The van der Waals surface area contributed by atoms with Crippen molar-refractivity contribution < 1.29 is 35.7 Å². The second kappa shape index (κ2) is 3.78. The fourth-order valence-electron chi connectivity index (χ4n) is 0.452. The summed E-state index contributed by atoms with van der Waals surface area (Å²) >= 11 is 0. The van der Waals surface area contributed by atoms with Crippen molar-refractivity contribution in [3.63, 3.8) is 0 Å². The van der Waals surface area contributed by atoms with Crippen molar-refractivity contribution in [1.29, 1.82) is 0 Å². The Morgan fingerprint density at radius 1 is 1.22 bits per heavy atom. The van der Waals surface area contributed by atoms with Crippen LogP contribution >= 0.6 is 0 Å². The molecule has 9 heavy (non-hydrogen) atoms. The van der Waals surface area contributed by atoms with Gasteiger partial charge in [-0.05, 0) is 12.1 Å². The minimum absolute atomic E-state index is 0. The fourth-order valence-corrected chi connectivity index (χ4v) is 0.452. The van der Waals surface area contributed by atoms with E-state index in [0.717, 1.165) is 0 Å². The van der Waals surface area contributed by atoms with E-state index in [2.05, 4.69) is 0 Å². The van der Waals surface area contributed by atoms with Gasteiger partial charge in [-0.15, -0.1) is 0 Å². The summed E-state index contributed by atoms with van der Waals surface area (Å²) in [6.07, 6.45) is 0. The molecule has 0 aliphatic carbocycles. The third kappa shape index (κ3) is 2.27. The first-order valence-electron chi connectivity index (χ1n) is 2.24. The van der Waals surface area contributed by atoms with E-state index >= 15 is 0 Å². The summed E-state index contributed by atoms with van der Waals surface area (Å²) in [4.78, 5) is 0. The predicted octanol–water partition coefficient (Wildman–Crippen LogP) is 1.53. The molecular formula is C6H5FOZr. The molecule has 0 aliphatic rings. The molecule has 0 unspecified atom stereocenters. The van der Waals surface area contributed by atoms with Crippen LogP contribution in [0.1, 0.15) is 0 Å². The molecule has 3 heteroatoms. The molecule has 0 bridgehead atoms. The first kappa shape index (κ1) is 8.83. The van der Waals surface area contributed by atoms with Crippen LogP contribution in [0.15, 0.2) is 24.3 Å². The molecule has 0 fully saturated rings. The third-order valence-corrected chi connectivity index (χ3v) is 0.852. The summed E-state index contributed by atoms with van der Waals surface area (Å²) in [5.74, 6) is -0.875. The molecule has 0 atom stereocenters. The summed E-state index contributed by atoms with van der Waals surface area (Å²) in [6.45, 7) is 0. The molecule has 0 spiro atoms. The van der Waals surface area contributed by atoms with E-state index < -0.39 is 5.82 Å².